The predicted octanol–water partition coefficient (Wildman–Crippen LogP) is 1.91. The van der Waals surface area contributed by atoms with Gasteiger partial charge in [-0.05, 0) is 31.7 Å². The summed E-state index contributed by atoms with van der Waals surface area (Å²) in [4.78, 5) is 26.6. The molecule has 142 valence electrons. The normalized spacial score (nSPS) is 20.8. The van der Waals surface area contributed by atoms with Crippen LogP contribution in [0.15, 0.2) is 24.3 Å². The molecule has 2 fully saturated rings. The number of methoxy groups -OCH3 is 1. The van der Waals surface area contributed by atoms with Crippen molar-refractivity contribution in [3.63, 3.8) is 0 Å². The molecule has 6 heteroatoms. The Hall–Kier alpha value is -2.08. The second kappa shape index (κ2) is 9.03. The lowest BCUT2D eigenvalue weighted by atomic mass is 10.0. The van der Waals surface area contributed by atoms with Crippen molar-refractivity contribution < 1.29 is 19.1 Å². The van der Waals surface area contributed by atoms with E-state index in [-0.39, 0.29) is 24.0 Å². The van der Waals surface area contributed by atoms with Crippen LogP contribution in [-0.2, 0) is 20.7 Å². The largest absolute Gasteiger partial charge is 0.496 e. The lowest BCUT2D eigenvalue weighted by Crippen LogP contribution is -2.47. The van der Waals surface area contributed by atoms with Gasteiger partial charge in [0, 0.05) is 31.3 Å². The van der Waals surface area contributed by atoms with Crippen LogP contribution in [0, 0.1) is 0 Å². The first-order valence-electron chi connectivity index (χ1n) is 9.46. The number of carbonyl (C=O) groups excluding carboxylic acids is 2. The van der Waals surface area contributed by atoms with Gasteiger partial charge in [0.15, 0.2) is 0 Å². The molecule has 6 nitrogen and oxygen atoms in total. The third kappa shape index (κ3) is 4.97. The van der Waals surface area contributed by atoms with Crippen LogP contribution < -0.4 is 10.1 Å². The van der Waals surface area contributed by atoms with E-state index in [0.29, 0.717) is 25.9 Å². The highest BCUT2D eigenvalue weighted by Crippen LogP contribution is 2.20. The Morgan fingerprint density at radius 1 is 1.23 bits per heavy atom. The molecular weight excluding hydrogens is 332 g/mol. The number of benzene rings is 1. The van der Waals surface area contributed by atoms with Crippen LogP contribution in [-0.4, -0.2) is 55.7 Å². The maximum atomic E-state index is 12.6. The summed E-state index contributed by atoms with van der Waals surface area (Å²) in [6, 6.07) is 7.77. The van der Waals surface area contributed by atoms with E-state index in [1.165, 1.54) is 0 Å². The Bertz CT molecular complexity index is 620. The van der Waals surface area contributed by atoms with Gasteiger partial charge in [-0.15, -0.1) is 0 Å². The molecule has 1 aromatic rings. The van der Waals surface area contributed by atoms with Crippen LogP contribution in [0.5, 0.6) is 5.75 Å². The minimum atomic E-state index is 0.0655. The van der Waals surface area contributed by atoms with Gasteiger partial charge in [0.25, 0.3) is 0 Å². The summed E-state index contributed by atoms with van der Waals surface area (Å²) < 4.78 is 10.8. The number of carbonyl (C=O) groups is 2. The fraction of sp³-hybridized carbons (Fsp3) is 0.600. The van der Waals surface area contributed by atoms with Gasteiger partial charge in [-0.2, -0.15) is 0 Å². The highest BCUT2D eigenvalue weighted by molar-refractivity contribution is 5.80. The number of likely N-dealkylation sites (tertiary alicyclic amines) is 1. The second-order valence-electron chi connectivity index (χ2n) is 7.05. The van der Waals surface area contributed by atoms with Gasteiger partial charge in [-0.1, -0.05) is 18.2 Å². The molecule has 1 atom stereocenters. The Labute approximate surface area is 154 Å². The SMILES string of the molecule is COc1ccccc1CC(=O)N1CCC(NC(=O)CC2CCCO2)CC1. The molecule has 0 aromatic heterocycles. The molecular formula is C20H28N2O4. The zero-order chi connectivity index (χ0) is 18.4. The molecule has 0 saturated carbocycles. The quantitative estimate of drug-likeness (QED) is 0.842. The van der Waals surface area contributed by atoms with Gasteiger partial charge in [-0.3, -0.25) is 9.59 Å². The van der Waals surface area contributed by atoms with Gasteiger partial charge < -0.3 is 19.7 Å². The van der Waals surface area contributed by atoms with Crippen molar-refractivity contribution in [3.05, 3.63) is 29.8 Å². The third-order valence-electron chi connectivity index (χ3n) is 5.18. The number of nitrogens with zero attached hydrogens (tertiary/aromatic N) is 1. The first-order valence-corrected chi connectivity index (χ1v) is 9.46. The zero-order valence-electron chi connectivity index (χ0n) is 15.4. The van der Waals surface area contributed by atoms with E-state index in [2.05, 4.69) is 5.32 Å². The molecule has 1 N–H and O–H groups in total. The lowest BCUT2D eigenvalue weighted by molar-refractivity contribution is -0.131. The van der Waals surface area contributed by atoms with Crippen molar-refractivity contribution in [3.8, 4) is 5.75 Å². The summed E-state index contributed by atoms with van der Waals surface area (Å²) in [5.41, 5.74) is 0.909. The summed E-state index contributed by atoms with van der Waals surface area (Å²) in [6.07, 6.45) is 4.50. The topological polar surface area (TPSA) is 67.9 Å². The van der Waals surface area contributed by atoms with Gasteiger partial charge in [-0.25, -0.2) is 0 Å². The van der Waals surface area contributed by atoms with E-state index in [9.17, 15) is 9.59 Å². The second-order valence-corrected chi connectivity index (χ2v) is 7.05. The first-order chi connectivity index (χ1) is 12.7. The Kier molecular flexibility index (Phi) is 6.50. The number of rotatable bonds is 6. The molecule has 2 saturated heterocycles. The smallest absolute Gasteiger partial charge is 0.227 e. The third-order valence-corrected chi connectivity index (χ3v) is 5.18. The number of piperidine rings is 1. The minimum Gasteiger partial charge on any atom is -0.496 e. The van der Waals surface area contributed by atoms with E-state index in [4.69, 9.17) is 9.47 Å². The fourth-order valence-corrected chi connectivity index (χ4v) is 3.70. The van der Waals surface area contributed by atoms with Crippen molar-refractivity contribution in [2.75, 3.05) is 26.8 Å². The molecule has 2 amide bonds. The van der Waals surface area contributed by atoms with Crippen LogP contribution in [0.3, 0.4) is 0 Å². The van der Waals surface area contributed by atoms with Crippen molar-refractivity contribution in [2.24, 2.45) is 0 Å². The number of nitrogens with one attached hydrogen (secondary N) is 1. The van der Waals surface area contributed by atoms with Crippen LogP contribution in [0.25, 0.3) is 0 Å². The number of ether oxygens (including phenoxy) is 2. The summed E-state index contributed by atoms with van der Waals surface area (Å²) in [5.74, 6) is 0.923. The highest BCUT2D eigenvalue weighted by Gasteiger charge is 2.26. The number of para-hydroxylation sites is 1. The summed E-state index contributed by atoms with van der Waals surface area (Å²) in [7, 11) is 1.62. The van der Waals surface area contributed by atoms with Crippen LogP contribution in [0.2, 0.25) is 0 Å². The summed E-state index contributed by atoms with van der Waals surface area (Å²) in [6.45, 7) is 2.13. The maximum Gasteiger partial charge on any atom is 0.227 e. The van der Waals surface area contributed by atoms with E-state index in [1.54, 1.807) is 7.11 Å². The Morgan fingerprint density at radius 2 is 2.00 bits per heavy atom. The lowest BCUT2D eigenvalue weighted by Gasteiger charge is -2.32. The van der Waals surface area contributed by atoms with Gasteiger partial charge in [0.05, 0.1) is 26.1 Å². The average Bonchev–Trinajstić information content (AvgIpc) is 3.15. The van der Waals surface area contributed by atoms with Crippen molar-refractivity contribution in [2.45, 2.75) is 50.7 Å². The molecule has 0 bridgehead atoms. The fourth-order valence-electron chi connectivity index (χ4n) is 3.70. The molecule has 1 unspecified atom stereocenters. The van der Waals surface area contributed by atoms with Crippen molar-refractivity contribution in [1.82, 2.24) is 10.2 Å². The molecule has 1 aromatic carbocycles. The average molecular weight is 360 g/mol. The predicted molar refractivity (Wildman–Crippen MR) is 98.0 cm³/mol. The zero-order valence-corrected chi connectivity index (χ0v) is 15.4. The van der Waals surface area contributed by atoms with E-state index in [0.717, 1.165) is 43.6 Å². The van der Waals surface area contributed by atoms with Crippen molar-refractivity contribution in [1.29, 1.82) is 0 Å². The number of hydrogen-bond acceptors (Lipinski definition) is 4. The minimum absolute atomic E-state index is 0.0655. The van der Waals surface area contributed by atoms with Crippen molar-refractivity contribution >= 4 is 11.8 Å². The van der Waals surface area contributed by atoms with E-state index in [1.807, 2.05) is 29.2 Å². The van der Waals surface area contributed by atoms with E-state index >= 15 is 0 Å². The number of amides is 2. The van der Waals surface area contributed by atoms with Gasteiger partial charge in [0.1, 0.15) is 5.75 Å². The monoisotopic (exact) mass is 360 g/mol. The molecule has 2 heterocycles. The molecule has 26 heavy (non-hydrogen) atoms. The standard InChI is InChI=1S/C20H28N2O4/c1-25-18-7-3-2-5-15(18)13-20(24)22-10-8-16(9-11-22)21-19(23)14-17-6-4-12-26-17/h2-3,5,7,16-17H,4,6,8-14H2,1H3,(H,21,23). The molecule has 0 spiro atoms. The van der Waals surface area contributed by atoms with E-state index < -0.39 is 0 Å². The molecule has 3 rings (SSSR count). The summed E-state index contributed by atoms with van der Waals surface area (Å²) >= 11 is 0. The van der Waals surface area contributed by atoms with Crippen LogP contribution in [0.1, 0.15) is 37.7 Å². The highest BCUT2D eigenvalue weighted by atomic mass is 16.5. The molecule has 0 radical (unpaired) electrons. The Balaban J connectivity index is 1.42. The molecule has 2 aliphatic heterocycles. The summed E-state index contributed by atoms with van der Waals surface area (Å²) in [5, 5.41) is 3.10. The number of hydrogen-bond donors (Lipinski definition) is 1. The van der Waals surface area contributed by atoms with Gasteiger partial charge >= 0.3 is 0 Å². The maximum absolute atomic E-state index is 12.6. The molecule has 2 aliphatic rings. The molecule has 0 aliphatic carbocycles. The van der Waals surface area contributed by atoms with Crippen LogP contribution in [0.4, 0.5) is 0 Å². The Morgan fingerprint density at radius 3 is 2.69 bits per heavy atom. The van der Waals surface area contributed by atoms with Gasteiger partial charge in [0.2, 0.25) is 11.8 Å². The van der Waals surface area contributed by atoms with Crippen LogP contribution >= 0.6 is 0 Å². The first kappa shape index (κ1) is 18.7.